The van der Waals surface area contributed by atoms with Gasteiger partial charge >= 0.3 is 5.69 Å². The van der Waals surface area contributed by atoms with Gasteiger partial charge in [-0.25, -0.2) is 0 Å². The predicted molar refractivity (Wildman–Crippen MR) is 65.7 cm³/mol. The molecule has 0 aliphatic heterocycles. The van der Waals surface area contributed by atoms with Crippen LogP contribution in [0.4, 0.5) is 5.69 Å². The summed E-state index contributed by atoms with van der Waals surface area (Å²) in [6, 6.07) is 7.52. The van der Waals surface area contributed by atoms with Gasteiger partial charge in [0.1, 0.15) is 17.6 Å². The van der Waals surface area contributed by atoms with E-state index in [1.165, 1.54) is 6.20 Å². The third-order valence-corrected chi connectivity index (χ3v) is 2.77. The molecule has 0 fully saturated rings. The molecule has 94 valence electrons. The number of hydrogen-bond donors (Lipinski definition) is 0. The van der Waals surface area contributed by atoms with Crippen LogP contribution >= 0.6 is 0 Å². The summed E-state index contributed by atoms with van der Waals surface area (Å²) in [5.74, 6) is 0.780. The first-order valence-electron chi connectivity index (χ1n) is 5.41. The van der Waals surface area contributed by atoms with Gasteiger partial charge in [0.25, 0.3) is 0 Å². The average molecular weight is 247 g/mol. The Morgan fingerprint density at radius 2 is 2.06 bits per heavy atom. The molecule has 0 radical (unpaired) electrons. The van der Waals surface area contributed by atoms with Crippen molar-refractivity contribution in [3.05, 3.63) is 51.8 Å². The maximum absolute atomic E-state index is 10.7. The summed E-state index contributed by atoms with van der Waals surface area (Å²) in [7, 11) is 1.61. The number of nitro groups is 1. The second-order valence-corrected chi connectivity index (χ2v) is 3.88. The van der Waals surface area contributed by atoms with E-state index in [0.29, 0.717) is 12.2 Å². The van der Waals surface area contributed by atoms with E-state index in [1.807, 2.05) is 24.3 Å². The fraction of sp³-hybridized carbons (Fsp3) is 0.250. The molecule has 0 spiro atoms. The van der Waals surface area contributed by atoms with E-state index in [9.17, 15) is 10.1 Å². The molecule has 6 heteroatoms. The second kappa shape index (κ2) is 4.87. The van der Waals surface area contributed by atoms with Crippen LogP contribution in [0.3, 0.4) is 0 Å². The van der Waals surface area contributed by atoms with Crippen LogP contribution in [-0.2, 0) is 6.54 Å². The molecule has 0 atom stereocenters. The molecule has 0 bridgehead atoms. The molecular formula is C12H13N3O3. The smallest absolute Gasteiger partial charge is 0.309 e. The van der Waals surface area contributed by atoms with Crippen molar-refractivity contribution in [1.29, 1.82) is 0 Å². The lowest BCUT2D eigenvalue weighted by atomic mass is 10.2. The lowest BCUT2D eigenvalue weighted by Gasteiger charge is -2.05. The lowest BCUT2D eigenvalue weighted by molar-refractivity contribution is -0.385. The molecule has 0 saturated carbocycles. The van der Waals surface area contributed by atoms with E-state index in [1.54, 1.807) is 18.7 Å². The zero-order valence-corrected chi connectivity index (χ0v) is 10.2. The summed E-state index contributed by atoms with van der Waals surface area (Å²) < 4.78 is 6.68. The molecule has 1 heterocycles. The quantitative estimate of drug-likeness (QED) is 0.613. The van der Waals surface area contributed by atoms with Gasteiger partial charge in [-0.1, -0.05) is 12.1 Å². The third-order valence-electron chi connectivity index (χ3n) is 2.77. The summed E-state index contributed by atoms with van der Waals surface area (Å²) in [6.07, 6.45) is 1.28. The number of hydrogen-bond acceptors (Lipinski definition) is 4. The molecule has 2 aromatic rings. The molecule has 1 aromatic heterocycles. The number of rotatable bonds is 4. The van der Waals surface area contributed by atoms with Crippen molar-refractivity contribution in [2.45, 2.75) is 13.5 Å². The molecule has 0 aliphatic rings. The largest absolute Gasteiger partial charge is 0.497 e. The summed E-state index contributed by atoms with van der Waals surface area (Å²) in [5.41, 5.74) is 1.61. The van der Waals surface area contributed by atoms with Gasteiger partial charge in [-0.05, 0) is 24.6 Å². The first kappa shape index (κ1) is 12.1. The molecule has 18 heavy (non-hydrogen) atoms. The zero-order chi connectivity index (χ0) is 13.1. The summed E-state index contributed by atoms with van der Waals surface area (Å²) in [4.78, 5) is 10.3. The predicted octanol–water partition coefficient (Wildman–Crippen LogP) is 2.16. The van der Waals surface area contributed by atoms with Crippen molar-refractivity contribution in [2.24, 2.45) is 0 Å². The first-order valence-corrected chi connectivity index (χ1v) is 5.41. The normalized spacial score (nSPS) is 10.3. The highest BCUT2D eigenvalue weighted by Gasteiger charge is 2.16. The van der Waals surface area contributed by atoms with Crippen LogP contribution in [0.2, 0.25) is 0 Å². The Balaban J connectivity index is 2.20. The van der Waals surface area contributed by atoms with Gasteiger partial charge < -0.3 is 4.74 Å². The number of ether oxygens (including phenoxy) is 1. The fourth-order valence-electron chi connectivity index (χ4n) is 1.68. The van der Waals surface area contributed by atoms with Crippen molar-refractivity contribution >= 4 is 5.69 Å². The Kier molecular flexibility index (Phi) is 3.27. The Morgan fingerprint density at radius 3 is 2.56 bits per heavy atom. The van der Waals surface area contributed by atoms with Gasteiger partial charge in [0.15, 0.2) is 0 Å². The molecule has 0 saturated heterocycles. The lowest BCUT2D eigenvalue weighted by Crippen LogP contribution is -2.04. The minimum absolute atomic E-state index is 0.0449. The molecule has 0 aliphatic carbocycles. The van der Waals surface area contributed by atoms with Crippen molar-refractivity contribution < 1.29 is 9.66 Å². The van der Waals surface area contributed by atoms with Crippen LogP contribution < -0.4 is 4.74 Å². The van der Waals surface area contributed by atoms with Crippen molar-refractivity contribution in [3.63, 3.8) is 0 Å². The van der Waals surface area contributed by atoms with E-state index in [4.69, 9.17) is 4.74 Å². The zero-order valence-electron chi connectivity index (χ0n) is 10.2. The standard InChI is InChI=1S/C12H13N3O3/c1-9-12(15(16)17)7-13-14(9)8-10-3-5-11(18-2)6-4-10/h3-7H,8H2,1-2H3. The third kappa shape index (κ3) is 2.32. The highest BCUT2D eigenvalue weighted by molar-refractivity contribution is 5.33. The average Bonchev–Trinajstić information content (AvgIpc) is 2.72. The summed E-state index contributed by atoms with van der Waals surface area (Å²) in [5, 5.41) is 14.7. The van der Waals surface area contributed by atoms with E-state index < -0.39 is 4.92 Å². The van der Waals surface area contributed by atoms with Gasteiger partial charge in [0, 0.05) is 0 Å². The minimum Gasteiger partial charge on any atom is -0.497 e. The molecule has 0 amide bonds. The molecular weight excluding hydrogens is 234 g/mol. The molecule has 1 aromatic carbocycles. The Labute approximate surface area is 104 Å². The summed E-state index contributed by atoms with van der Waals surface area (Å²) in [6.45, 7) is 2.19. The van der Waals surface area contributed by atoms with E-state index in [-0.39, 0.29) is 5.69 Å². The van der Waals surface area contributed by atoms with Crippen LogP contribution in [0.1, 0.15) is 11.3 Å². The first-order chi connectivity index (χ1) is 8.61. The topological polar surface area (TPSA) is 70.2 Å². The second-order valence-electron chi connectivity index (χ2n) is 3.88. The van der Waals surface area contributed by atoms with Crippen LogP contribution in [-0.4, -0.2) is 21.8 Å². The minimum atomic E-state index is -0.424. The maximum atomic E-state index is 10.7. The maximum Gasteiger partial charge on any atom is 0.309 e. The molecule has 6 nitrogen and oxygen atoms in total. The monoisotopic (exact) mass is 247 g/mol. The number of benzene rings is 1. The molecule has 0 unspecified atom stereocenters. The number of methoxy groups -OCH3 is 1. The number of nitrogens with zero attached hydrogens (tertiary/aromatic N) is 3. The Hall–Kier alpha value is -2.37. The van der Waals surface area contributed by atoms with Crippen LogP contribution in [0.15, 0.2) is 30.5 Å². The SMILES string of the molecule is COc1ccc(Cn2ncc([N+](=O)[O-])c2C)cc1. The summed E-state index contributed by atoms with van der Waals surface area (Å²) >= 11 is 0. The van der Waals surface area contributed by atoms with Gasteiger partial charge in [0.2, 0.25) is 0 Å². The van der Waals surface area contributed by atoms with Crippen LogP contribution in [0, 0.1) is 17.0 Å². The highest BCUT2D eigenvalue weighted by Crippen LogP contribution is 2.18. The Bertz CT molecular complexity index is 560. The molecule has 0 N–H and O–H groups in total. The Morgan fingerprint density at radius 1 is 1.39 bits per heavy atom. The fourth-order valence-corrected chi connectivity index (χ4v) is 1.68. The van der Waals surface area contributed by atoms with E-state index >= 15 is 0 Å². The van der Waals surface area contributed by atoms with Crippen molar-refractivity contribution in [1.82, 2.24) is 9.78 Å². The van der Waals surface area contributed by atoms with Gasteiger partial charge in [-0.15, -0.1) is 0 Å². The number of aromatic nitrogens is 2. The van der Waals surface area contributed by atoms with E-state index in [2.05, 4.69) is 5.10 Å². The van der Waals surface area contributed by atoms with Crippen molar-refractivity contribution in [2.75, 3.05) is 7.11 Å². The van der Waals surface area contributed by atoms with Crippen LogP contribution in [0.25, 0.3) is 0 Å². The van der Waals surface area contributed by atoms with Gasteiger partial charge in [-0.2, -0.15) is 5.10 Å². The van der Waals surface area contributed by atoms with E-state index in [0.717, 1.165) is 11.3 Å². The van der Waals surface area contributed by atoms with Gasteiger partial charge in [0.05, 0.1) is 18.6 Å². The van der Waals surface area contributed by atoms with Crippen molar-refractivity contribution in [3.8, 4) is 5.75 Å². The molecule has 2 rings (SSSR count). The van der Waals surface area contributed by atoms with Crippen LogP contribution in [0.5, 0.6) is 5.75 Å². The van der Waals surface area contributed by atoms with Gasteiger partial charge in [-0.3, -0.25) is 14.8 Å². The highest BCUT2D eigenvalue weighted by atomic mass is 16.6.